The third kappa shape index (κ3) is 3.33. The Kier molecular flexibility index (Phi) is 5.22. The fourth-order valence-corrected chi connectivity index (χ4v) is 1.67. The Hall–Kier alpha value is -1.29. The molecule has 94 valence electrons. The highest BCUT2D eigenvalue weighted by atomic mass is 19.2. The van der Waals surface area contributed by atoms with Gasteiger partial charge in [0.2, 0.25) is 0 Å². The van der Waals surface area contributed by atoms with Gasteiger partial charge in [-0.2, -0.15) is 0 Å². The van der Waals surface area contributed by atoms with E-state index in [0.29, 0.717) is 6.42 Å². The number of hydrogen-bond donors (Lipinski definition) is 1. The molecule has 1 aromatic carbocycles. The molecule has 0 fully saturated rings. The molecule has 0 saturated heterocycles. The molecule has 0 amide bonds. The molecule has 0 aromatic heterocycles. The Balaban J connectivity index is 2.84. The summed E-state index contributed by atoms with van der Waals surface area (Å²) >= 11 is 0. The molecule has 0 aliphatic heterocycles. The maximum Gasteiger partial charge on any atom is 0.169 e. The van der Waals surface area contributed by atoms with Crippen LogP contribution in [0.1, 0.15) is 54.6 Å². The topological polar surface area (TPSA) is 37.3 Å². The highest BCUT2D eigenvalue weighted by Crippen LogP contribution is 2.25. The van der Waals surface area contributed by atoms with Crippen molar-refractivity contribution in [3.63, 3.8) is 0 Å². The first-order valence-electron chi connectivity index (χ1n) is 5.73. The number of aliphatic hydroxyl groups excluding tert-OH is 1. The van der Waals surface area contributed by atoms with Crippen molar-refractivity contribution in [3.05, 3.63) is 34.9 Å². The monoisotopic (exact) mass is 242 g/mol. The van der Waals surface area contributed by atoms with Gasteiger partial charge in [-0.1, -0.05) is 32.3 Å². The van der Waals surface area contributed by atoms with Crippen molar-refractivity contribution in [1.82, 2.24) is 0 Å². The maximum absolute atomic E-state index is 13.5. The van der Waals surface area contributed by atoms with Gasteiger partial charge in [-0.15, -0.1) is 0 Å². The number of unbranched alkanes of at least 4 members (excludes halogenated alkanes) is 2. The first kappa shape index (κ1) is 13.8. The van der Waals surface area contributed by atoms with E-state index in [1.54, 1.807) is 0 Å². The van der Waals surface area contributed by atoms with Crippen LogP contribution in [-0.2, 0) is 0 Å². The quantitative estimate of drug-likeness (QED) is 0.613. The van der Waals surface area contributed by atoms with E-state index >= 15 is 0 Å². The molecule has 1 unspecified atom stereocenters. The van der Waals surface area contributed by atoms with E-state index in [0.717, 1.165) is 19.3 Å². The number of aldehydes is 1. The summed E-state index contributed by atoms with van der Waals surface area (Å²) in [5.74, 6) is -2.31. The van der Waals surface area contributed by atoms with Gasteiger partial charge in [0.1, 0.15) is 0 Å². The third-order valence-corrected chi connectivity index (χ3v) is 2.71. The number of rotatable bonds is 6. The van der Waals surface area contributed by atoms with Gasteiger partial charge in [-0.25, -0.2) is 8.78 Å². The number of aliphatic hydroxyl groups is 1. The predicted octanol–water partition coefficient (Wildman–Crippen LogP) is 3.39. The molecule has 0 radical (unpaired) electrons. The van der Waals surface area contributed by atoms with E-state index in [1.807, 2.05) is 6.92 Å². The van der Waals surface area contributed by atoms with Crippen LogP contribution >= 0.6 is 0 Å². The highest BCUT2D eigenvalue weighted by molar-refractivity contribution is 5.75. The Labute approximate surface area is 99.3 Å². The smallest absolute Gasteiger partial charge is 0.169 e. The maximum atomic E-state index is 13.5. The lowest BCUT2D eigenvalue weighted by molar-refractivity contribution is 0.111. The molecule has 0 spiro atoms. The number of halogens is 2. The second kappa shape index (κ2) is 6.45. The first-order chi connectivity index (χ1) is 8.11. The summed E-state index contributed by atoms with van der Waals surface area (Å²) in [6.07, 6.45) is 2.32. The van der Waals surface area contributed by atoms with Crippen molar-refractivity contribution < 1.29 is 18.7 Å². The minimum Gasteiger partial charge on any atom is -0.388 e. The zero-order valence-electron chi connectivity index (χ0n) is 9.75. The lowest BCUT2D eigenvalue weighted by Gasteiger charge is -2.12. The number of hydrogen-bond acceptors (Lipinski definition) is 2. The Morgan fingerprint density at radius 2 is 2.00 bits per heavy atom. The summed E-state index contributed by atoms with van der Waals surface area (Å²) in [5.41, 5.74) is -0.406. The molecule has 4 heteroatoms. The van der Waals surface area contributed by atoms with Crippen LogP contribution in [0.3, 0.4) is 0 Å². The fraction of sp³-hybridized carbons (Fsp3) is 0.462. The number of carbonyl (C=O) groups is 1. The summed E-state index contributed by atoms with van der Waals surface area (Å²) in [6, 6.07) is 2.45. The summed E-state index contributed by atoms with van der Waals surface area (Å²) in [5, 5.41) is 9.72. The molecule has 1 aromatic rings. The van der Waals surface area contributed by atoms with Crippen LogP contribution in [0, 0.1) is 11.6 Å². The van der Waals surface area contributed by atoms with Gasteiger partial charge in [0.25, 0.3) is 0 Å². The van der Waals surface area contributed by atoms with E-state index in [2.05, 4.69) is 0 Å². The summed E-state index contributed by atoms with van der Waals surface area (Å²) in [4.78, 5) is 10.4. The summed E-state index contributed by atoms with van der Waals surface area (Å²) in [6.45, 7) is 2.02. The van der Waals surface area contributed by atoms with Crippen molar-refractivity contribution in [3.8, 4) is 0 Å². The van der Waals surface area contributed by atoms with Gasteiger partial charge in [0, 0.05) is 5.56 Å². The second-order valence-electron chi connectivity index (χ2n) is 4.00. The summed E-state index contributed by atoms with van der Waals surface area (Å²) in [7, 11) is 0. The Bertz CT molecular complexity index is 391. The second-order valence-corrected chi connectivity index (χ2v) is 4.00. The number of benzene rings is 1. The molecule has 0 heterocycles. The normalized spacial score (nSPS) is 12.5. The van der Waals surface area contributed by atoms with Crippen LogP contribution in [0.2, 0.25) is 0 Å². The molecule has 2 nitrogen and oxygen atoms in total. The van der Waals surface area contributed by atoms with Crippen LogP contribution < -0.4 is 0 Å². The van der Waals surface area contributed by atoms with E-state index in [4.69, 9.17) is 0 Å². The largest absolute Gasteiger partial charge is 0.388 e. The lowest BCUT2D eigenvalue weighted by Crippen LogP contribution is -2.05. The minimum atomic E-state index is -1.19. The van der Waals surface area contributed by atoms with Gasteiger partial charge in [-0.3, -0.25) is 4.79 Å². The average molecular weight is 242 g/mol. The van der Waals surface area contributed by atoms with Crippen molar-refractivity contribution in [2.75, 3.05) is 0 Å². The van der Waals surface area contributed by atoms with Crippen LogP contribution in [0.15, 0.2) is 12.1 Å². The molecule has 0 bridgehead atoms. The molecular formula is C13H16F2O2. The van der Waals surface area contributed by atoms with Gasteiger partial charge in [-0.05, 0) is 12.5 Å². The van der Waals surface area contributed by atoms with E-state index in [9.17, 15) is 18.7 Å². The van der Waals surface area contributed by atoms with Crippen LogP contribution in [0.25, 0.3) is 0 Å². The molecular weight excluding hydrogens is 226 g/mol. The van der Waals surface area contributed by atoms with Gasteiger partial charge >= 0.3 is 0 Å². The minimum absolute atomic E-state index is 0.0794. The van der Waals surface area contributed by atoms with Crippen molar-refractivity contribution >= 4 is 6.29 Å². The number of carbonyl (C=O) groups excluding carboxylic acids is 1. The van der Waals surface area contributed by atoms with Crippen LogP contribution in [-0.4, -0.2) is 11.4 Å². The van der Waals surface area contributed by atoms with Crippen molar-refractivity contribution in [1.29, 1.82) is 0 Å². The summed E-state index contributed by atoms with van der Waals surface area (Å²) < 4.78 is 26.8. The van der Waals surface area contributed by atoms with Crippen LogP contribution in [0.4, 0.5) is 8.78 Å². The van der Waals surface area contributed by atoms with Crippen molar-refractivity contribution in [2.45, 2.75) is 38.7 Å². The Morgan fingerprint density at radius 1 is 1.29 bits per heavy atom. The van der Waals surface area contributed by atoms with Crippen LogP contribution in [0.5, 0.6) is 0 Å². The van der Waals surface area contributed by atoms with Gasteiger partial charge < -0.3 is 5.11 Å². The molecule has 1 rings (SSSR count). The molecule has 0 saturated carbocycles. The first-order valence-corrected chi connectivity index (χ1v) is 5.73. The third-order valence-electron chi connectivity index (χ3n) is 2.71. The molecule has 0 aliphatic rings. The molecule has 0 aliphatic carbocycles. The lowest BCUT2D eigenvalue weighted by atomic mass is 10.0. The SMILES string of the molecule is CCCCCC(O)c1ccc(C=O)c(F)c1F. The predicted molar refractivity (Wildman–Crippen MR) is 60.8 cm³/mol. The van der Waals surface area contributed by atoms with E-state index in [-0.39, 0.29) is 17.4 Å². The van der Waals surface area contributed by atoms with E-state index in [1.165, 1.54) is 12.1 Å². The average Bonchev–Trinajstić information content (AvgIpc) is 2.32. The molecule has 1 atom stereocenters. The fourth-order valence-electron chi connectivity index (χ4n) is 1.67. The highest BCUT2D eigenvalue weighted by Gasteiger charge is 2.18. The Morgan fingerprint density at radius 3 is 2.59 bits per heavy atom. The van der Waals surface area contributed by atoms with Gasteiger partial charge in [0.15, 0.2) is 17.9 Å². The zero-order valence-corrected chi connectivity index (χ0v) is 9.75. The molecule has 1 N–H and O–H groups in total. The standard InChI is InChI=1S/C13H16F2O2/c1-2-3-4-5-11(17)10-7-6-9(8-16)12(14)13(10)15/h6-8,11,17H,2-5H2,1H3. The van der Waals surface area contributed by atoms with Gasteiger partial charge in [0.05, 0.1) is 11.7 Å². The van der Waals surface area contributed by atoms with Crippen molar-refractivity contribution in [2.24, 2.45) is 0 Å². The van der Waals surface area contributed by atoms with E-state index < -0.39 is 17.7 Å². The zero-order chi connectivity index (χ0) is 12.8. The molecule has 17 heavy (non-hydrogen) atoms.